The summed E-state index contributed by atoms with van der Waals surface area (Å²) in [5.41, 5.74) is 0. The Hall–Kier alpha value is -1.73. The molecule has 3 heterocycles. The molecule has 0 bridgehead atoms. The summed E-state index contributed by atoms with van der Waals surface area (Å²) in [4.78, 5) is 19.8. The molecule has 2 aromatic rings. The van der Waals surface area contributed by atoms with Gasteiger partial charge in [-0.05, 0) is 37.8 Å². The molecule has 1 N–H and O–H groups in total. The van der Waals surface area contributed by atoms with Gasteiger partial charge in [0.1, 0.15) is 12.7 Å². The maximum absolute atomic E-state index is 12.4. The Morgan fingerprint density at radius 2 is 2.43 bits per heavy atom. The lowest BCUT2D eigenvalue weighted by Crippen LogP contribution is -2.47. The largest absolute Gasteiger partial charge is 0.348 e. The predicted molar refractivity (Wildman–Crippen MR) is 90.1 cm³/mol. The second kappa shape index (κ2) is 7.70. The first-order valence-corrected chi connectivity index (χ1v) is 8.99. The number of amides is 1. The molecule has 2 atom stereocenters. The van der Waals surface area contributed by atoms with Gasteiger partial charge < -0.3 is 5.32 Å². The Morgan fingerprint density at radius 1 is 1.52 bits per heavy atom. The van der Waals surface area contributed by atoms with Crippen LogP contribution in [0.15, 0.2) is 30.2 Å². The predicted octanol–water partition coefficient (Wildman–Crippen LogP) is 2.07. The zero-order valence-corrected chi connectivity index (χ0v) is 14.2. The molecule has 0 spiro atoms. The number of piperidine rings is 1. The van der Waals surface area contributed by atoms with Crippen LogP contribution >= 0.6 is 11.3 Å². The number of nitrogens with zero attached hydrogens (tertiary/aromatic N) is 4. The van der Waals surface area contributed by atoms with E-state index in [9.17, 15) is 4.79 Å². The van der Waals surface area contributed by atoms with E-state index in [4.69, 9.17) is 0 Å². The summed E-state index contributed by atoms with van der Waals surface area (Å²) < 4.78 is 1.86. The van der Waals surface area contributed by atoms with Crippen molar-refractivity contribution in [1.29, 1.82) is 0 Å². The number of nitrogens with one attached hydrogen (secondary N) is 1. The van der Waals surface area contributed by atoms with Crippen LogP contribution in [0.2, 0.25) is 0 Å². The maximum Gasteiger partial charge on any atom is 0.234 e. The highest BCUT2D eigenvalue weighted by molar-refractivity contribution is 7.10. The molecule has 7 heteroatoms. The average molecular weight is 333 g/mol. The average Bonchev–Trinajstić information content (AvgIpc) is 3.22. The minimum Gasteiger partial charge on any atom is -0.348 e. The Labute approximate surface area is 140 Å². The van der Waals surface area contributed by atoms with E-state index in [-0.39, 0.29) is 11.9 Å². The van der Waals surface area contributed by atoms with Gasteiger partial charge in [0.05, 0.1) is 19.1 Å². The fourth-order valence-electron chi connectivity index (χ4n) is 3.10. The lowest BCUT2D eigenvalue weighted by molar-refractivity contribution is -0.123. The van der Waals surface area contributed by atoms with Crippen LogP contribution in [-0.2, 0) is 11.3 Å². The van der Waals surface area contributed by atoms with Crippen LogP contribution in [0.1, 0.15) is 37.1 Å². The summed E-state index contributed by atoms with van der Waals surface area (Å²) in [5, 5.41) is 9.33. The van der Waals surface area contributed by atoms with Crippen molar-refractivity contribution >= 4 is 17.2 Å². The van der Waals surface area contributed by atoms with Crippen LogP contribution in [0, 0.1) is 0 Å². The molecule has 23 heavy (non-hydrogen) atoms. The number of thiophene rings is 1. The van der Waals surface area contributed by atoms with Crippen LogP contribution in [0.25, 0.3) is 0 Å². The molecule has 124 valence electrons. The fraction of sp³-hybridized carbons (Fsp3) is 0.562. The van der Waals surface area contributed by atoms with E-state index in [0.29, 0.717) is 12.6 Å². The van der Waals surface area contributed by atoms with E-state index in [0.717, 1.165) is 25.9 Å². The minimum absolute atomic E-state index is 0.0704. The third-order valence-electron chi connectivity index (χ3n) is 4.31. The zero-order valence-electron chi connectivity index (χ0n) is 13.4. The van der Waals surface area contributed by atoms with Crippen molar-refractivity contribution < 1.29 is 4.79 Å². The van der Waals surface area contributed by atoms with Gasteiger partial charge in [0.2, 0.25) is 5.91 Å². The fourth-order valence-corrected chi connectivity index (χ4v) is 3.83. The molecule has 0 aromatic carbocycles. The third kappa shape index (κ3) is 4.39. The van der Waals surface area contributed by atoms with E-state index in [1.54, 1.807) is 24.0 Å². The first-order valence-electron chi connectivity index (χ1n) is 8.11. The summed E-state index contributed by atoms with van der Waals surface area (Å²) in [6.45, 7) is 4.26. The van der Waals surface area contributed by atoms with Crippen molar-refractivity contribution in [2.75, 3.05) is 13.1 Å². The molecule has 1 saturated heterocycles. The van der Waals surface area contributed by atoms with E-state index in [1.807, 2.05) is 23.1 Å². The number of likely N-dealkylation sites (tertiary alicyclic amines) is 1. The molecular weight excluding hydrogens is 310 g/mol. The van der Waals surface area contributed by atoms with E-state index in [1.165, 1.54) is 11.3 Å². The third-order valence-corrected chi connectivity index (χ3v) is 5.36. The molecule has 0 radical (unpaired) electrons. The number of rotatable bonds is 6. The Bertz CT molecular complexity index is 598. The second-order valence-corrected chi connectivity index (χ2v) is 7.02. The summed E-state index contributed by atoms with van der Waals surface area (Å²) in [6, 6.07) is 4.50. The van der Waals surface area contributed by atoms with Gasteiger partial charge in [0, 0.05) is 10.9 Å². The molecule has 1 aliphatic rings. The van der Waals surface area contributed by atoms with Crippen molar-refractivity contribution in [1.82, 2.24) is 25.0 Å². The van der Waals surface area contributed by atoms with Crippen molar-refractivity contribution in [2.45, 2.75) is 44.8 Å². The van der Waals surface area contributed by atoms with Crippen LogP contribution in [0.4, 0.5) is 0 Å². The quantitative estimate of drug-likeness (QED) is 0.879. The number of carbonyl (C=O) groups is 1. The molecule has 0 aliphatic carbocycles. The van der Waals surface area contributed by atoms with Crippen molar-refractivity contribution in [3.8, 4) is 0 Å². The topological polar surface area (TPSA) is 63.1 Å². The molecule has 3 rings (SSSR count). The van der Waals surface area contributed by atoms with E-state index in [2.05, 4.69) is 26.4 Å². The van der Waals surface area contributed by atoms with Crippen molar-refractivity contribution in [3.63, 3.8) is 0 Å². The van der Waals surface area contributed by atoms with Crippen LogP contribution < -0.4 is 5.32 Å². The first kappa shape index (κ1) is 16.1. The standard InChI is InChI=1S/C16H23N5OS/c1-13(15-6-4-8-23-15)19-16(22)10-20-7-3-2-5-14(20)9-21-12-17-11-18-21/h4,6,8,11-14H,2-3,5,7,9-10H2,1H3,(H,19,22)/t13-,14+/m1/s1. The number of aromatic nitrogens is 3. The zero-order chi connectivity index (χ0) is 16.1. The summed E-state index contributed by atoms with van der Waals surface area (Å²) in [5.74, 6) is 0.0939. The maximum atomic E-state index is 12.4. The van der Waals surface area contributed by atoms with Gasteiger partial charge in [-0.25, -0.2) is 4.98 Å². The molecule has 0 saturated carbocycles. The van der Waals surface area contributed by atoms with E-state index < -0.39 is 0 Å². The lowest BCUT2D eigenvalue weighted by atomic mass is 10.0. The smallest absolute Gasteiger partial charge is 0.234 e. The normalized spacial score (nSPS) is 20.3. The molecule has 1 amide bonds. The Morgan fingerprint density at radius 3 is 3.17 bits per heavy atom. The van der Waals surface area contributed by atoms with Crippen molar-refractivity contribution in [2.24, 2.45) is 0 Å². The molecule has 1 aliphatic heterocycles. The second-order valence-electron chi connectivity index (χ2n) is 6.04. The highest BCUT2D eigenvalue weighted by Crippen LogP contribution is 2.20. The summed E-state index contributed by atoms with van der Waals surface area (Å²) in [6.07, 6.45) is 6.77. The van der Waals surface area contributed by atoms with Crippen LogP contribution in [0.5, 0.6) is 0 Å². The van der Waals surface area contributed by atoms with Crippen LogP contribution in [-0.4, -0.2) is 44.7 Å². The molecule has 2 aromatic heterocycles. The first-order chi connectivity index (χ1) is 11.2. The van der Waals surface area contributed by atoms with E-state index >= 15 is 0 Å². The number of carbonyl (C=O) groups excluding carboxylic acids is 1. The SMILES string of the molecule is C[C@@H](NC(=O)CN1CCCC[C@H]1Cn1cncn1)c1cccs1. The Kier molecular flexibility index (Phi) is 5.40. The van der Waals surface area contributed by atoms with Gasteiger partial charge in [-0.15, -0.1) is 11.3 Å². The summed E-state index contributed by atoms with van der Waals surface area (Å²) >= 11 is 1.68. The van der Waals surface area contributed by atoms with Gasteiger partial charge in [-0.3, -0.25) is 14.4 Å². The highest BCUT2D eigenvalue weighted by Gasteiger charge is 2.25. The van der Waals surface area contributed by atoms with Crippen LogP contribution in [0.3, 0.4) is 0 Å². The highest BCUT2D eigenvalue weighted by atomic mass is 32.1. The number of hydrogen-bond donors (Lipinski definition) is 1. The molecular formula is C16H23N5OS. The van der Waals surface area contributed by atoms with Gasteiger partial charge in [0.25, 0.3) is 0 Å². The van der Waals surface area contributed by atoms with Gasteiger partial charge in [0.15, 0.2) is 0 Å². The number of hydrogen-bond acceptors (Lipinski definition) is 5. The van der Waals surface area contributed by atoms with Gasteiger partial charge >= 0.3 is 0 Å². The molecule has 0 unspecified atom stereocenters. The lowest BCUT2D eigenvalue weighted by Gasteiger charge is -2.35. The minimum atomic E-state index is 0.0704. The Balaban J connectivity index is 1.54. The summed E-state index contributed by atoms with van der Waals surface area (Å²) in [7, 11) is 0. The van der Waals surface area contributed by atoms with Gasteiger partial charge in [-0.1, -0.05) is 12.5 Å². The monoisotopic (exact) mass is 333 g/mol. The van der Waals surface area contributed by atoms with Gasteiger partial charge in [-0.2, -0.15) is 5.10 Å². The van der Waals surface area contributed by atoms with Crippen molar-refractivity contribution in [3.05, 3.63) is 35.0 Å². The molecule has 6 nitrogen and oxygen atoms in total. The molecule has 1 fully saturated rings.